The first kappa shape index (κ1) is 13.3. The lowest BCUT2D eigenvalue weighted by Crippen LogP contribution is -2.30. The summed E-state index contributed by atoms with van der Waals surface area (Å²) in [5.41, 5.74) is 0.580. The van der Waals surface area contributed by atoms with E-state index >= 15 is 0 Å². The molecule has 0 spiro atoms. The maximum atomic E-state index is 11.9. The van der Waals surface area contributed by atoms with Crippen molar-refractivity contribution in [2.24, 2.45) is 0 Å². The molecule has 2 N–H and O–H groups in total. The smallest absolute Gasteiger partial charge is 0.261 e. The quantitative estimate of drug-likeness (QED) is 0.809. The SMILES string of the molecule is CCCCCNC(=O)c1cc2ccccc2[nH]c1=O. The van der Waals surface area contributed by atoms with Gasteiger partial charge in [0.1, 0.15) is 5.56 Å². The Morgan fingerprint density at radius 3 is 2.84 bits per heavy atom. The van der Waals surface area contributed by atoms with Crippen molar-refractivity contribution in [2.45, 2.75) is 26.2 Å². The summed E-state index contributed by atoms with van der Waals surface area (Å²) in [6, 6.07) is 9.06. The van der Waals surface area contributed by atoms with Crippen LogP contribution >= 0.6 is 0 Å². The van der Waals surface area contributed by atoms with E-state index in [2.05, 4.69) is 17.2 Å². The average molecular weight is 258 g/mol. The normalized spacial score (nSPS) is 10.6. The predicted octanol–water partition coefficient (Wildman–Crippen LogP) is 2.45. The fourth-order valence-corrected chi connectivity index (χ4v) is 1.99. The molecule has 2 aromatic rings. The van der Waals surface area contributed by atoms with E-state index < -0.39 is 0 Å². The van der Waals surface area contributed by atoms with Gasteiger partial charge in [0.05, 0.1) is 0 Å². The molecule has 0 unspecified atom stereocenters. The third-order valence-corrected chi connectivity index (χ3v) is 3.06. The van der Waals surface area contributed by atoms with E-state index in [9.17, 15) is 9.59 Å². The number of nitrogens with one attached hydrogen (secondary N) is 2. The number of rotatable bonds is 5. The first-order valence-corrected chi connectivity index (χ1v) is 6.62. The molecule has 19 heavy (non-hydrogen) atoms. The molecular weight excluding hydrogens is 240 g/mol. The van der Waals surface area contributed by atoms with Gasteiger partial charge in [-0.05, 0) is 23.9 Å². The largest absolute Gasteiger partial charge is 0.352 e. The van der Waals surface area contributed by atoms with Crippen LogP contribution in [0.3, 0.4) is 0 Å². The highest BCUT2D eigenvalue weighted by molar-refractivity contribution is 5.97. The zero-order valence-corrected chi connectivity index (χ0v) is 11.0. The minimum absolute atomic E-state index is 0.176. The molecule has 0 atom stereocenters. The number of aromatic amines is 1. The summed E-state index contributed by atoms with van der Waals surface area (Å²) in [6.45, 7) is 2.72. The Morgan fingerprint density at radius 2 is 2.05 bits per heavy atom. The molecule has 2 rings (SSSR count). The van der Waals surface area contributed by atoms with Gasteiger partial charge in [0.15, 0.2) is 0 Å². The molecule has 0 fully saturated rings. The zero-order chi connectivity index (χ0) is 13.7. The summed E-state index contributed by atoms with van der Waals surface area (Å²) in [4.78, 5) is 26.5. The van der Waals surface area contributed by atoms with E-state index in [1.807, 2.05) is 24.3 Å². The van der Waals surface area contributed by atoms with Crippen LogP contribution in [0, 0.1) is 0 Å². The van der Waals surface area contributed by atoms with Gasteiger partial charge in [-0.1, -0.05) is 38.0 Å². The lowest BCUT2D eigenvalue weighted by atomic mass is 10.1. The van der Waals surface area contributed by atoms with Crippen molar-refractivity contribution in [3.05, 3.63) is 46.2 Å². The van der Waals surface area contributed by atoms with Crippen LogP contribution in [0.4, 0.5) is 0 Å². The lowest BCUT2D eigenvalue weighted by molar-refractivity contribution is 0.0951. The number of pyridine rings is 1. The van der Waals surface area contributed by atoms with Crippen LogP contribution in [0.2, 0.25) is 0 Å². The number of unbranched alkanes of at least 4 members (excludes halogenated alkanes) is 2. The number of fused-ring (bicyclic) bond motifs is 1. The molecule has 1 aromatic carbocycles. The standard InChI is InChI=1S/C15H18N2O2/c1-2-3-6-9-16-14(18)12-10-11-7-4-5-8-13(11)17-15(12)19/h4-5,7-8,10H,2-3,6,9H2,1H3,(H,16,18)(H,17,19). The summed E-state index contributed by atoms with van der Waals surface area (Å²) in [5, 5.41) is 3.64. The maximum Gasteiger partial charge on any atom is 0.261 e. The van der Waals surface area contributed by atoms with E-state index in [4.69, 9.17) is 0 Å². The van der Waals surface area contributed by atoms with Gasteiger partial charge >= 0.3 is 0 Å². The van der Waals surface area contributed by atoms with Gasteiger partial charge in [0.2, 0.25) is 0 Å². The maximum absolute atomic E-state index is 11.9. The summed E-state index contributed by atoms with van der Waals surface area (Å²) in [7, 11) is 0. The molecule has 0 bridgehead atoms. The van der Waals surface area contributed by atoms with Gasteiger partial charge in [0, 0.05) is 12.1 Å². The second-order valence-electron chi connectivity index (χ2n) is 4.56. The van der Waals surface area contributed by atoms with Crippen LogP contribution in [-0.4, -0.2) is 17.4 Å². The van der Waals surface area contributed by atoms with Crippen LogP contribution in [0.15, 0.2) is 35.1 Å². The molecule has 1 aromatic heterocycles. The number of hydrogen-bond donors (Lipinski definition) is 2. The van der Waals surface area contributed by atoms with Crippen LogP contribution in [0.25, 0.3) is 10.9 Å². The van der Waals surface area contributed by atoms with Crippen molar-refractivity contribution >= 4 is 16.8 Å². The Hall–Kier alpha value is -2.10. The summed E-state index contributed by atoms with van der Waals surface area (Å²) in [5.74, 6) is -0.303. The van der Waals surface area contributed by atoms with Gasteiger partial charge in [-0.15, -0.1) is 0 Å². The van der Waals surface area contributed by atoms with Gasteiger partial charge in [-0.3, -0.25) is 9.59 Å². The molecule has 0 aliphatic carbocycles. The number of amides is 1. The molecule has 4 heteroatoms. The summed E-state index contributed by atoms with van der Waals surface area (Å²) in [6.07, 6.45) is 3.12. The number of carbonyl (C=O) groups is 1. The van der Waals surface area contributed by atoms with Crippen molar-refractivity contribution in [2.75, 3.05) is 6.54 Å². The fourth-order valence-electron chi connectivity index (χ4n) is 1.99. The molecule has 0 aliphatic rings. The minimum Gasteiger partial charge on any atom is -0.352 e. The Labute approximate surface area is 111 Å². The second-order valence-corrected chi connectivity index (χ2v) is 4.56. The van der Waals surface area contributed by atoms with E-state index in [1.54, 1.807) is 6.07 Å². The molecule has 0 aliphatic heterocycles. The Kier molecular flexibility index (Phi) is 4.34. The third kappa shape index (κ3) is 3.22. The average Bonchev–Trinajstić information content (AvgIpc) is 2.42. The van der Waals surface area contributed by atoms with E-state index in [0.29, 0.717) is 6.54 Å². The predicted molar refractivity (Wildman–Crippen MR) is 76.4 cm³/mol. The number of para-hydroxylation sites is 1. The zero-order valence-electron chi connectivity index (χ0n) is 11.0. The summed E-state index contributed by atoms with van der Waals surface area (Å²) >= 11 is 0. The number of benzene rings is 1. The summed E-state index contributed by atoms with van der Waals surface area (Å²) < 4.78 is 0. The highest BCUT2D eigenvalue weighted by atomic mass is 16.2. The van der Waals surface area contributed by atoms with Crippen LogP contribution in [0.1, 0.15) is 36.5 Å². The Bertz CT molecular complexity index is 631. The van der Waals surface area contributed by atoms with Crippen molar-refractivity contribution in [1.29, 1.82) is 0 Å². The van der Waals surface area contributed by atoms with Crippen molar-refractivity contribution in [3.8, 4) is 0 Å². The van der Waals surface area contributed by atoms with Crippen LogP contribution < -0.4 is 10.9 Å². The van der Waals surface area contributed by atoms with E-state index in [1.165, 1.54) is 0 Å². The van der Waals surface area contributed by atoms with Crippen LogP contribution in [0.5, 0.6) is 0 Å². The number of hydrogen-bond acceptors (Lipinski definition) is 2. The lowest BCUT2D eigenvalue weighted by Gasteiger charge is -2.05. The van der Waals surface area contributed by atoms with Crippen molar-refractivity contribution in [3.63, 3.8) is 0 Å². The number of H-pyrrole nitrogens is 1. The molecule has 0 radical (unpaired) electrons. The topological polar surface area (TPSA) is 62.0 Å². The van der Waals surface area contributed by atoms with Crippen molar-refractivity contribution < 1.29 is 4.79 Å². The molecule has 0 saturated heterocycles. The Morgan fingerprint density at radius 1 is 1.26 bits per heavy atom. The van der Waals surface area contributed by atoms with E-state index in [0.717, 1.165) is 30.2 Å². The highest BCUT2D eigenvalue weighted by Gasteiger charge is 2.10. The molecule has 1 amide bonds. The molecular formula is C15H18N2O2. The fraction of sp³-hybridized carbons (Fsp3) is 0.333. The monoisotopic (exact) mass is 258 g/mol. The van der Waals surface area contributed by atoms with Crippen molar-refractivity contribution in [1.82, 2.24) is 10.3 Å². The second kappa shape index (κ2) is 6.18. The van der Waals surface area contributed by atoms with Gasteiger partial charge < -0.3 is 10.3 Å². The molecule has 0 saturated carbocycles. The first-order valence-electron chi connectivity index (χ1n) is 6.62. The molecule has 4 nitrogen and oxygen atoms in total. The minimum atomic E-state index is -0.341. The third-order valence-electron chi connectivity index (χ3n) is 3.06. The van der Waals surface area contributed by atoms with Gasteiger partial charge in [0.25, 0.3) is 11.5 Å². The molecule has 1 heterocycles. The first-order chi connectivity index (χ1) is 9.22. The number of aromatic nitrogens is 1. The highest BCUT2D eigenvalue weighted by Crippen LogP contribution is 2.09. The van der Waals surface area contributed by atoms with Gasteiger partial charge in [-0.25, -0.2) is 0 Å². The molecule has 100 valence electrons. The van der Waals surface area contributed by atoms with E-state index in [-0.39, 0.29) is 17.0 Å². The van der Waals surface area contributed by atoms with Gasteiger partial charge in [-0.2, -0.15) is 0 Å². The number of carbonyl (C=O) groups excluding carboxylic acids is 1. The Balaban J connectivity index is 2.17. The van der Waals surface area contributed by atoms with Crippen LogP contribution in [-0.2, 0) is 0 Å².